The summed E-state index contributed by atoms with van der Waals surface area (Å²) in [5.74, 6) is 0.741. The van der Waals surface area contributed by atoms with Crippen molar-refractivity contribution in [2.45, 2.75) is 59.0 Å². The van der Waals surface area contributed by atoms with E-state index in [-0.39, 0.29) is 5.41 Å². The quantitative estimate of drug-likeness (QED) is 0.924. The summed E-state index contributed by atoms with van der Waals surface area (Å²) in [6.07, 6.45) is 1.24. The average molecular weight is 295 g/mol. The fourth-order valence-corrected chi connectivity index (χ4v) is 3.74. The van der Waals surface area contributed by atoms with Crippen LogP contribution in [0.2, 0.25) is 0 Å². The Labute approximate surface area is 127 Å². The Bertz CT molecular complexity index is 422. The van der Waals surface area contributed by atoms with E-state index in [9.17, 15) is 0 Å². The van der Waals surface area contributed by atoms with Crippen molar-refractivity contribution in [2.75, 3.05) is 19.6 Å². The fraction of sp³-hybridized carbons (Fsp3) is 0.812. The highest BCUT2D eigenvalue weighted by atomic mass is 32.1. The first kappa shape index (κ1) is 15.9. The Morgan fingerprint density at radius 1 is 1.50 bits per heavy atom. The Hall–Kier alpha value is -0.450. The van der Waals surface area contributed by atoms with Crippen LogP contribution in [0.15, 0.2) is 5.38 Å². The van der Waals surface area contributed by atoms with E-state index in [1.165, 1.54) is 17.1 Å². The van der Waals surface area contributed by atoms with E-state index in [4.69, 9.17) is 4.98 Å². The van der Waals surface area contributed by atoms with Gasteiger partial charge in [-0.2, -0.15) is 0 Å². The molecule has 1 saturated heterocycles. The molecule has 1 N–H and O–H groups in total. The maximum Gasteiger partial charge on any atom is 0.107 e. The minimum absolute atomic E-state index is 0.161. The Balaban J connectivity index is 2.05. The number of aromatic nitrogens is 1. The topological polar surface area (TPSA) is 28.2 Å². The third-order valence-corrected chi connectivity index (χ3v) is 5.19. The van der Waals surface area contributed by atoms with Gasteiger partial charge in [0, 0.05) is 36.5 Å². The Kier molecular flexibility index (Phi) is 5.21. The zero-order valence-corrected chi connectivity index (χ0v) is 14.4. The highest BCUT2D eigenvalue weighted by Crippen LogP contribution is 2.26. The molecule has 0 spiro atoms. The van der Waals surface area contributed by atoms with E-state index in [1.807, 2.05) is 11.3 Å². The summed E-state index contributed by atoms with van der Waals surface area (Å²) in [7, 11) is 0. The molecular weight excluding hydrogens is 266 g/mol. The van der Waals surface area contributed by atoms with Gasteiger partial charge in [0.1, 0.15) is 5.01 Å². The fourth-order valence-electron chi connectivity index (χ4n) is 2.70. The third kappa shape index (κ3) is 3.80. The zero-order chi connectivity index (χ0) is 14.8. The van der Waals surface area contributed by atoms with Gasteiger partial charge in [-0.05, 0) is 5.92 Å². The lowest BCUT2D eigenvalue weighted by atomic mass is 9.93. The van der Waals surface area contributed by atoms with Crippen LogP contribution in [-0.2, 0) is 12.0 Å². The van der Waals surface area contributed by atoms with Gasteiger partial charge in [0.05, 0.1) is 12.2 Å². The summed E-state index contributed by atoms with van der Waals surface area (Å²) >= 11 is 1.82. The molecule has 3 nitrogen and oxygen atoms in total. The van der Waals surface area contributed by atoms with Gasteiger partial charge >= 0.3 is 0 Å². The Morgan fingerprint density at radius 3 is 2.85 bits per heavy atom. The summed E-state index contributed by atoms with van der Waals surface area (Å²) in [4.78, 5) is 7.47. The van der Waals surface area contributed by atoms with Crippen LogP contribution in [0.1, 0.15) is 51.7 Å². The van der Waals surface area contributed by atoms with Crippen molar-refractivity contribution in [1.29, 1.82) is 0 Å². The SMILES string of the molecule is CCC(C)C1CNCCN1Cc1nc(C(C)(C)C)cs1. The first-order valence-corrected chi connectivity index (χ1v) is 8.69. The molecule has 1 aromatic rings. The predicted octanol–water partition coefficient (Wildman–Crippen LogP) is 3.26. The van der Waals surface area contributed by atoms with Crippen LogP contribution in [-0.4, -0.2) is 35.6 Å². The normalized spacial score (nSPS) is 22.9. The monoisotopic (exact) mass is 295 g/mol. The van der Waals surface area contributed by atoms with Crippen LogP contribution in [0.5, 0.6) is 0 Å². The average Bonchev–Trinajstić information content (AvgIpc) is 2.87. The van der Waals surface area contributed by atoms with Gasteiger partial charge in [-0.1, -0.05) is 41.0 Å². The summed E-state index contributed by atoms with van der Waals surface area (Å²) in [5, 5.41) is 7.04. The van der Waals surface area contributed by atoms with E-state index in [1.54, 1.807) is 0 Å². The van der Waals surface area contributed by atoms with Crippen molar-refractivity contribution >= 4 is 11.3 Å². The molecule has 2 unspecified atom stereocenters. The molecule has 20 heavy (non-hydrogen) atoms. The van der Waals surface area contributed by atoms with Crippen LogP contribution in [0, 0.1) is 5.92 Å². The van der Waals surface area contributed by atoms with Crippen molar-refractivity contribution in [3.63, 3.8) is 0 Å². The summed E-state index contributed by atoms with van der Waals surface area (Å²) in [5.41, 5.74) is 1.39. The van der Waals surface area contributed by atoms with Gasteiger partial charge in [0.15, 0.2) is 0 Å². The molecule has 0 aromatic carbocycles. The minimum atomic E-state index is 0.161. The summed E-state index contributed by atoms with van der Waals surface area (Å²) in [6.45, 7) is 15.7. The molecule has 114 valence electrons. The van der Waals surface area contributed by atoms with Gasteiger partial charge < -0.3 is 5.32 Å². The smallest absolute Gasteiger partial charge is 0.107 e. The third-order valence-electron chi connectivity index (χ3n) is 4.36. The molecular formula is C16H29N3S. The lowest BCUT2D eigenvalue weighted by Crippen LogP contribution is -2.53. The van der Waals surface area contributed by atoms with Gasteiger partial charge in [-0.3, -0.25) is 4.90 Å². The lowest BCUT2D eigenvalue weighted by Gasteiger charge is -2.39. The molecule has 0 bridgehead atoms. The van der Waals surface area contributed by atoms with Gasteiger partial charge in [-0.25, -0.2) is 4.98 Å². The molecule has 1 aliphatic rings. The second kappa shape index (κ2) is 6.54. The molecule has 0 aliphatic carbocycles. The standard InChI is InChI=1S/C16H29N3S/c1-6-12(2)13-9-17-7-8-19(13)10-15-18-14(11-20-15)16(3,4)5/h11-13,17H,6-10H2,1-5H3. The lowest BCUT2D eigenvalue weighted by molar-refractivity contribution is 0.109. The highest BCUT2D eigenvalue weighted by Gasteiger charge is 2.27. The molecule has 2 heterocycles. The molecule has 1 fully saturated rings. The number of hydrogen-bond acceptors (Lipinski definition) is 4. The van der Waals surface area contributed by atoms with Crippen molar-refractivity contribution in [3.05, 3.63) is 16.1 Å². The number of thiazole rings is 1. The maximum absolute atomic E-state index is 4.85. The molecule has 0 saturated carbocycles. The van der Waals surface area contributed by atoms with E-state index < -0.39 is 0 Å². The summed E-state index contributed by atoms with van der Waals surface area (Å²) in [6, 6.07) is 0.649. The number of piperazine rings is 1. The second-order valence-electron chi connectivity index (χ2n) is 7.00. The molecule has 2 rings (SSSR count). The van der Waals surface area contributed by atoms with Crippen LogP contribution in [0.3, 0.4) is 0 Å². The van der Waals surface area contributed by atoms with E-state index in [0.717, 1.165) is 32.1 Å². The predicted molar refractivity (Wildman–Crippen MR) is 87.3 cm³/mol. The van der Waals surface area contributed by atoms with Crippen LogP contribution in [0.25, 0.3) is 0 Å². The number of nitrogens with zero attached hydrogens (tertiary/aromatic N) is 2. The number of rotatable bonds is 4. The van der Waals surface area contributed by atoms with E-state index in [2.05, 4.69) is 50.2 Å². The van der Waals surface area contributed by atoms with Gasteiger partial charge in [0.25, 0.3) is 0 Å². The van der Waals surface area contributed by atoms with E-state index in [0.29, 0.717) is 6.04 Å². The first-order chi connectivity index (χ1) is 9.41. The maximum atomic E-state index is 4.85. The summed E-state index contributed by atoms with van der Waals surface area (Å²) < 4.78 is 0. The molecule has 2 atom stereocenters. The van der Waals surface area contributed by atoms with Crippen LogP contribution < -0.4 is 5.32 Å². The molecule has 0 radical (unpaired) electrons. The van der Waals surface area contributed by atoms with Crippen molar-refractivity contribution in [3.8, 4) is 0 Å². The van der Waals surface area contributed by atoms with Crippen LogP contribution >= 0.6 is 11.3 Å². The van der Waals surface area contributed by atoms with E-state index >= 15 is 0 Å². The Morgan fingerprint density at radius 2 is 2.25 bits per heavy atom. The first-order valence-electron chi connectivity index (χ1n) is 7.81. The largest absolute Gasteiger partial charge is 0.314 e. The second-order valence-corrected chi connectivity index (χ2v) is 7.95. The van der Waals surface area contributed by atoms with Gasteiger partial charge in [-0.15, -0.1) is 11.3 Å². The molecule has 1 aliphatic heterocycles. The minimum Gasteiger partial charge on any atom is -0.314 e. The molecule has 1 aromatic heterocycles. The highest BCUT2D eigenvalue weighted by molar-refractivity contribution is 7.09. The molecule has 0 amide bonds. The number of hydrogen-bond donors (Lipinski definition) is 1. The van der Waals surface area contributed by atoms with Crippen molar-refractivity contribution in [2.24, 2.45) is 5.92 Å². The van der Waals surface area contributed by atoms with Crippen LogP contribution in [0.4, 0.5) is 0 Å². The van der Waals surface area contributed by atoms with Crippen molar-refractivity contribution in [1.82, 2.24) is 15.2 Å². The van der Waals surface area contributed by atoms with Crippen molar-refractivity contribution < 1.29 is 0 Å². The van der Waals surface area contributed by atoms with Gasteiger partial charge in [0.2, 0.25) is 0 Å². The number of nitrogens with one attached hydrogen (secondary N) is 1. The zero-order valence-electron chi connectivity index (χ0n) is 13.6. The molecule has 4 heteroatoms.